The van der Waals surface area contributed by atoms with Gasteiger partial charge in [-0.15, -0.1) is 0 Å². The number of anilines is 1. The first-order chi connectivity index (χ1) is 18.5. The standard InChI is InChI=1S/C26H31F2N7O3/c27-23(28)24-30-19-3-1-2-4-20(19)35(24)21-15-22(32-26(31-21)33-11-13-37-14-12-33)38-17-7-5-16(6-8-17)34-10-9-18(29)25(34)36/h1-4,15-18,23H,5-14,29H2/t16?,17?,18-/m1/s1. The van der Waals surface area contributed by atoms with Crippen molar-refractivity contribution < 1.29 is 23.0 Å². The van der Waals surface area contributed by atoms with Crippen LogP contribution in [0, 0.1) is 0 Å². The molecule has 3 aromatic rings. The maximum absolute atomic E-state index is 14.1. The molecule has 2 aromatic heterocycles. The van der Waals surface area contributed by atoms with Crippen LogP contribution in [0.5, 0.6) is 5.88 Å². The van der Waals surface area contributed by atoms with Gasteiger partial charge in [0.2, 0.25) is 17.7 Å². The Balaban J connectivity index is 1.29. The first kappa shape index (κ1) is 24.9. The van der Waals surface area contributed by atoms with E-state index in [1.54, 1.807) is 30.3 Å². The Bertz CT molecular complexity index is 1310. The third kappa shape index (κ3) is 4.78. The third-order valence-electron chi connectivity index (χ3n) is 7.64. The van der Waals surface area contributed by atoms with Gasteiger partial charge in [0, 0.05) is 31.7 Å². The smallest absolute Gasteiger partial charge is 0.296 e. The number of imidazole rings is 1. The molecule has 1 amide bonds. The van der Waals surface area contributed by atoms with E-state index in [4.69, 9.17) is 15.2 Å². The summed E-state index contributed by atoms with van der Waals surface area (Å²) in [5.74, 6) is 0.678. The summed E-state index contributed by atoms with van der Waals surface area (Å²) in [6.07, 6.45) is 0.959. The average Bonchev–Trinajstić information content (AvgIpc) is 3.50. The van der Waals surface area contributed by atoms with Crippen molar-refractivity contribution in [1.82, 2.24) is 24.4 Å². The van der Waals surface area contributed by atoms with Gasteiger partial charge in [-0.2, -0.15) is 9.97 Å². The van der Waals surface area contributed by atoms with E-state index < -0.39 is 6.43 Å². The zero-order valence-electron chi connectivity index (χ0n) is 21.0. The number of nitrogens with zero attached hydrogens (tertiary/aromatic N) is 6. The Morgan fingerprint density at radius 2 is 1.76 bits per heavy atom. The molecule has 4 heterocycles. The highest BCUT2D eigenvalue weighted by atomic mass is 19.3. The second kappa shape index (κ2) is 10.4. The molecule has 3 aliphatic rings. The number of morpholine rings is 1. The van der Waals surface area contributed by atoms with Gasteiger partial charge in [-0.3, -0.25) is 9.36 Å². The van der Waals surface area contributed by atoms with E-state index in [-0.39, 0.29) is 35.7 Å². The molecule has 1 aliphatic carbocycles. The van der Waals surface area contributed by atoms with Crippen molar-refractivity contribution in [2.75, 3.05) is 37.7 Å². The van der Waals surface area contributed by atoms with E-state index in [0.717, 1.165) is 25.7 Å². The Kier molecular flexibility index (Phi) is 6.83. The molecule has 0 bridgehead atoms. The highest BCUT2D eigenvalue weighted by molar-refractivity contribution is 5.84. The number of alkyl halides is 2. The number of likely N-dealkylation sites (tertiary alicyclic amines) is 1. The first-order valence-corrected chi connectivity index (χ1v) is 13.2. The predicted octanol–water partition coefficient (Wildman–Crippen LogP) is 2.84. The number of fused-ring (bicyclic) bond motifs is 1. The predicted molar refractivity (Wildman–Crippen MR) is 136 cm³/mol. The zero-order chi connectivity index (χ0) is 26.2. The van der Waals surface area contributed by atoms with Crippen molar-refractivity contribution in [3.8, 4) is 11.7 Å². The van der Waals surface area contributed by atoms with Gasteiger partial charge in [-0.05, 0) is 44.2 Å². The molecule has 2 N–H and O–H groups in total. The SMILES string of the molecule is N[C@@H]1CCN(C2CCC(Oc3cc(-n4c(C(F)F)nc5ccccc54)nc(N4CCOCC4)n3)CC2)C1=O. The number of hydrogen-bond donors (Lipinski definition) is 1. The fraction of sp³-hybridized carbons (Fsp3) is 0.538. The van der Waals surface area contributed by atoms with Gasteiger partial charge >= 0.3 is 0 Å². The molecule has 0 unspecified atom stereocenters. The number of carbonyl (C=O) groups excluding carboxylic acids is 1. The molecule has 12 heteroatoms. The summed E-state index contributed by atoms with van der Waals surface area (Å²) in [6.45, 7) is 2.95. The minimum Gasteiger partial charge on any atom is -0.474 e. The van der Waals surface area contributed by atoms with Crippen LogP contribution in [0.15, 0.2) is 30.3 Å². The molecule has 1 saturated carbocycles. The fourth-order valence-electron chi connectivity index (χ4n) is 5.65. The van der Waals surface area contributed by atoms with Crippen molar-refractivity contribution in [2.24, 2.45) is 5.73 Å². The van der Waals surface area contributed by atoms with Crippen molar-refractivity contribution >= 4 is 22.9 Å². The normalized spacial score (nSPS) is 24.5. The van der Waals surface area contributed by atoms with Gasteiger partial charge < -0.3 is 25.0 Å². The number of amides is 1. The molecular formula is C26H31F2N7O3. The van der Waals surface area contributed by atoms with Crippen molar-refractivity contribution in [2.45, 2.75) is 56.7 Å². The Labute approximate surface area is 218 Å². The van der Waals surface area contributed by atoms with Crippen molar-refractivity contribution in [1.29, 1.82) is 0 Å². The molecule has 2 saturated heterocycles. The second-order valence-corrected chi connectivity index (χ2v) is 10.0. The van der Waals surface area contributed by atoms with E-state index in [0.29, 0.717) is 62.1 Å². The molecule has 0 radical (unpaired) electrons. The fourth-order valence-corrected chi connectivity index (χ4v) is 5.65. The maximum atomic E-state index is 14.1. The molecule has 0 spiro atoms. The van der Waals surface area contributed by atoms with E-state index >= 15 is 0 Å². The lowest BCUT2D eigenvalue weighted by atomic mass is 9.92. The number of halogens is 2. The largest absolute Gasteiger partial charge is 0.474 e. The van der Waals surface area contributed by atoms with Gasteiger partial charge in [0.1, 0.15) is 11.9 Å². The van der Waals surface area contributed by atoms with Crippen LogP contribution in [0.4, 0.5) is 14.7 Å². The Morgan fingerprint density at radius 3 is 2.47 bits per heavy atom. The summed E-state index contributed by atoms with van der Waals surface area (Å²) < 4.78 is 41.3. The number of rotatable bonds is 6. The van der Waals surface area contributed by atoms with E-state index in [9.17, 15) is 13.6 Å². The van der Waals surface area contributed by atoms with E-state index in [1.165, 1.54) is 4.57 Å². The van der Waals surface area contributed by atoms with Crippen LogP contribution in [-0.2, 0) is 9.53 Å². The summed E-state index contributed by atoms with van der Waals surface area (Å²) >= 11 is 0. The van der Waals surface area contributed by atoms with E-state index in [1.807, 2.05) is 9.80 Å². The molecule has 1 aromatic carbocycles. The highest BCUT2D eigenvalue weighted by Gasteiger charge is 2.36. The van der Waals surface area contributed by atoms with Crippen molar-refractivity contribution in [3.05, 3.63) is 36.2 Å². The van der Waals surface area contributed by atoms with Crippen molar-refractivity contribution in [3.63, 3.8) is 0 Å². The van der Waals surface area contributed by atoms with Crippen LogP contribution in [0.2, 0.25) is 0 Å². The minimum absolute atomic E-state index is 0.0346. The lowest BCUT2D eigenvalue weighted by Crippen LogP contribution is -2.43. The molecule has 1 atom stereocenters. The lowest BCUT2D eigenvalue weighted by Gasteiger charge is -2.34. The Hall–Kier alpha value is -3.38. The number of aromatic nitrogens is 4. The quantitative estimate of drug-likeness (QED) is 0.521. The molecule has 6 rings (SSSR count). The highest BCUT2D eigenvalue weighted by Crippen LogP contribution is 2.32. The molecule has 38 heavy (non-hydrogen) atoms. The van der Waals surface area contributed by atoms with Crippen LogP contribution in [0.3, 0.4) is 0 Å². The van der Waals surface area contributed by atoms with Gasteiger partial charge in [-0.1, -0.05) is 12.1 Å². The van der Waals surface area contributed by atoms with Crippen LogP contribution in [-0.4, -0.2) is 81.4 Å². The molecule has 2 aliphatic heterocycles. The molecular weight excluding hydrogens is 496 g/mol. The summed E-state index contributed by atoms with van der Waals surface area (Å²) in [5, 5.41) is 0. The number of ether oxygens (including phenoxy) is 2. The van der Waals surface area contributed by atoms with Crippen LogP contribution < -0.4 is 15.4 Å². The molecule has 3 fully saturated rings. The summed E-state index contributed by atoms with van der Waals surface area (Å²) in [5.41, 5.74) is 6.90. The number of benzene rings is 1. The average molecular weight is 528 g/mol. The number of carbonyl (C=O) groups is 1. The van der Waals surface area contributed by atoms with Crippen LogP contribution in [0.25, 0.3) is 16.9 Å². The number of nitrogens with two attached hydrogens (primary N) is 1. The van der Waals surface area contributed by atoms with Gasteiger partial charge in [0.15, 0.2) is 5.82 Å². The summed E-state index contributed by atoms with van der Waals surface area (Å²) in [4.78, 5) is 29.8. The third-order valence-corrected chi connectivity index (χ3v) is 7.64. The zero-order valence-corrected chi connectivity index (χ0v) is 21.0. The second-order valence-electron chi connectivity index (χ2n) is 10.0. The monoisotopic (exact) mass is 527 g/mol. The minimum atomic E-state index is -2.79. The van der Waals surface area contributed by atoms with Crippen LogP contribution >= 0.6 is 0 Å². The summed E-state index contributed by atoms with van der Waals surface area (Å²) in [6, 6.07) is 8.40. The lowest BCUT2D eigenvalue weighted by molar-refractivity contribution is -0.131. The Morgan fingerprint density at radius 1 is 1.00 bits per heavy atom. The van der Waals surface area contributed by atoms with Gasteiger partial charge in [0.25, 0.3) is 6.43 Å². The van der Waals surface area contributed by atoms with Gasteiger partial charge in [0.05, 0.1) is 30.3 Å². The van der Waals surface area contributed by atoms with E-state index in [2.05, 4.69) is 15.0 Å². The molecule has 10 nitrogen and oxygen atoms in total. The summed E-state index contributed by atoms with van der Waals surface area (Å²) in [7, 11) is 0. The number of hydrogen-bond acceptors (Lipinski definition) is 8. The number of para-hydroxylation sites is 2. The van der Waals surface area contributed by atoms with Crippen LogP contribution in [0.1, 0.15) is 44.4 Å². The topological polar surface area (TPSA) is 112 Å². The first-order valence-electron chi connectivity index (χ1n) is 13.2. The maximum Gasteiger partial charge on any atom is 0.296 e. The van der Waals surface area contributed by atoms with Gasteiger partial charge in [-0.25, -0.2) is 13.8 Å². The molecule has 202 valence electrons.